The molecule has 1 aromatic heterocycles. The van der Waals surface area contributed by atoms with E-state index in [0.29, 0.717) is 35.1 Å². The summed E-state index contributed by atoms with van der Waals surface area (Å²) in [5, 5.41) is 7.77. The molecule has 2 aromatic rings. The van der Waals surface area contributed by atoms with Gasteiger partial charge in [0.15, 0.2) is 6.61 Å². The number of rotatable bonds is 8. The third kappa shape index (κ3) is 5.08. The number of benzene rings is 1. The first-order valence-corrected chi connectivity index (χ1v) is 9.03. The van der Waals surface area contributed by atoms with E-state index < -0.39 is 5.97 Å². The van der Waals surface area contributed by atoms with Gasteiger partial charge in [-0.25, -0.2) is 4.79 Å². The van der Waals surface area contributed by atoms with Crippen molar-refractivity contribution in [2.45, 2.75) is 40.2 Å². The third-order valence-electron chi connectivity index (χ3n) is 4.05. The van der Waals surface area contributed by atoms with Crippen LogP contribution < -0.4 is 5.32 Å². The van der Waals surface area contributed by atoms with Crippen LogP contribution >= 0.6 is 11.6 Å². The molecule has 1 aromatic carbocycles. The van der Waals surface area contributed by atoms with Gasteiger partial charge in [-0.1, -0.05) is 43.1 Å². The lowest BCUT2D eigenvalue weighted by molar-refractivity contribution is -0.124. The summed E-state index contributed by atoms with van der Waals surface area (Å²) in [6.45, 7) is 6.33. The topological polar surface area (TPSA) is 73.2 Å². The van der Waals surface area contributed by atoms with E-state index in [9.17, 15) is 9.59 Å². The summed E-state index contributed by atoms with van der Waals surface area (Å²) < 4.78 is 6.86. The maximum Gasteiger partial charge on any atom is 0.342 e. The first kappa shape index (κ1) is 20.0. The number of nitrogens with one attached hydrogen (secondary N) is 1. The first-order chi connectivity index (χ1) is 12.4. The number of unbranched alkanes of at least 4 members (excludes halogenated alkanes) is 1. The average Bonchev–Trinajstić information content (AvgIpc) is 2.89. The molecule has 0 aliphatic heterocycles. The van der Waals surface area contributed by atoms with E-state index in [2.05, 4.69) is 10.4 Å². The number of carbonyl (C=O) groups excluding carboxylic acids is 2. The van der Waals surface area contributed by atoms with Crippen molar-refractivity contribution in [2.75, 3.05) is 13.2 Å². The lowest BCUT2D eigenvalue weighted by Gasteiger charge is -2.08. The molecule has 0 atom stereocenters. The lowest BCUT2D eigenvalue weighted by atomic mass is 10.2. The SMILES string of the molecule is CCCCNC(=O)COC(=O)c1c(C)nn(Cc2ccccc2Cl)c1C. The molecule has 26 heavy (non-hydrogen) atoms. The quantitative estimate of drug-likeness (QED) is 0.566. The average molecular weight is 378 g/mol. The zero-order valence-electron chi connectivity index (χ0n) is 15.3. The maximum absolute atomic E-state index is 12.4. The van der Waals surface area contributed by atoms with Crippen LogP contribution in [0.15, 0.2) is 24.3 Å². The highest BCUT2D eigenvalue weighted by Crippen LogP contribution is 2.20. The van der Waals surface area contributed by atoms with Gasteiger partial charge in [0, 0.05) is 11.6 Å². The highest BCUT2D eigenvalue weighted by molar-refractivity contribution is 6.31. The molecule has 0 aliphatic carbocycles. The number of carbonyl (C=O) groups is 2. The van der Waals surface area contributed by atoms with E-state index in [1.165, 1.54) is 0 Å². The standard InChI is InChI=1S/C19H24ClN3O3/c1-4-5-10-21-17(24)12-26-19(25)18-13(2)22-23(14(18)3)11-15-8-6-7-9-16(15)20/h6-9H,4-5,10-12H2,1-3H3,(H,21,24). The van der Waals surface area contributed by atoms with E-state index >= 15 is 0 Å². The van der Waals surface area contributed by atoms with E-state index in [1.807, 2.05) is 31.2 Å². The Kier molecular flexibility index (Phi) is 7.21. The summed E-state index contributed by atoms with van der Waals surface area (Å²) in [4.78, 5) is 24.1. The Balaban J connectivity index is 2.03. The predicted molar refractivity (Wildman–Crippen MR) is 100 cm³/mol. The van der Waals surface area contributed by atoms with Gasteiger partial charge < -0.3 is 10.1 Å². The zero-order valence-corrected chi connectivity index (χ0v) is 16.1. The fourth-order valence-corrected chi connectivity index (χ4v) is 2.79. The summed E-state index contributed by atoms with van der Waals surface area (Å²) in [7, 11) is 0. The Morgan fingerprint density at radius 1 is 1.27 bits per heavy atom. The molecule has 0 unspecified atom stereocenters. The van der Waals surface area contributed by atoms with Crippen molar-refractivity contribution in [3.8, 4) is 0 Å². The summed E-state index contributed by atoms with van der Waals surface area (Å²) in [5.41, 5.74) is 2.54. The minimum atomic E-state index is -0.545. The Labute approximate surface area is 158 Å². The predicted octanol–water partition coefficient (Wildman–Crippen LogP) is 3.27. The van der Waals surface area contributed by atoms with E-state index in [4.69, 9.17) is 16.3 Å². The molecular formula is C19H24ClN3O3. The second-order valence-electron chi connectivity index (χ2n) is 6.07. The maximum atomic E-state index is 12.4. The number of aromatic nitrogens is 2. The molecule has 1 N–H and O–H groups in total. The van der Waals surface area contributed by atoms with E-state index in [0.717, 1.165) is 18.4 Å². The lowest BCUT2D eigenvalue weighted by Crippen LogP contribution is -2.29. The molecule has 2 rings (SSSR count). The molecule has 0 aliphatic rings. The van der Waals surface area contributed by atoms with Gasteiger partial charge in [-0.2, -0.15) is 5.10 Å². The van der Waals surface area contributed by atoms with Gasteiger partial charge in [-0.3, -0.25) is 9.48 Å². The molecule has 0 saturated heterocycles. The molecule has 0 saturated carbocycles. The Bertz CT molecular complexity index is 786. The fraction of sp³-hybridized carbons (Fsp3) is 0.421. The van der Waals surface area contributed by atoms with Gasteiger partial charge in [-0.15, -0.1) is 0 Å². The molecule has 0 fully saturated rings. The van der Waals surface area contributed by atoms with Gasteiger partial charge in [0.05, 0.1) is 17.9 Å². The van der Waals surface area contributed by atoms with Crippen LogP contribution in [-0.4, -0.2) is 34.8 Å². The molecule has 7 heteroatoms. The first-order valence-electron chi connectivity index (χ1n) is 8.65. The highest BCUT2D eigenvalue weighted by atomic mass is 35.5. The number of nitrogens with zero attached hydrogens (tertiary/aromatic N) is 2. The monoisotopic (exact) mass is 377 g/mol. The van der Waals surface area contributed by atoms with E-state index in [-0.39, 0.29) is 12.5 Å². The summed E-state index contributed by atoms with van der Waals surface area (Å²) in [6, 6.07) is 7.49. The van der Waals surface area contributed by atoms with Gasteiger partial charge in [0.1, 0.15) is 5.56 Å². The minimum Gasteiger partial charge on any atom is -0.452 e. The molecule has 0 bridgehead atoms. The normalized spacial score (nSPS) is 10.6. The van der Waals surface area contributed by atoms with Crippen molar-refractivity contribution in [1.82, 2.24) is 15.1 Å². The van der Waals surface area contributed by atoms with Crippen molar-refractivity contribution >= 4 is 23.5 Å². The molecule has 1 heterocycles. The second kappa shape index (κ2) is 9.38. The molecule has 6 nitrogen and oxygen atoms in total. The van der Waals surface area contributed by atoms with Crippen molar-refractivity contribution in [3.63, 3.8) is 0 Å². The fourth-order valence-electron chi connectivity index (χ4n) is 2.59. The van der Waals surface area contributed by atoms with Crippen molar-refractivity contribution in [2.24, 2.45) is 0 Å². The van der Waals surface area contributed by atoms with Crippen LogP contribution in [0.3, 0.4) is 0 Å². The van der Waals surface area contributed by atoms with Crippen LogP contribution in [0.2, 0.25) is 5.02 Å². The number of halogens is 1. The number of hydrogen-bond acceptors (Lipinski definition) is 4. The van der Waals surface area contributed by atoms with Crippen LogP contribution in [0.4, 0.5) is 0 Å². The Morgan fingerprint density at radius 2 is 2.00 bits per heavy atom. The summed E-state index contributed by atoms with van der Waals surface area (Å²) >= 11 is 6.20. The van der Waals surface area contributed by atoms with Crippen LogP contribution in [0, 0.1) is 13.8 Å². The van der Waals surface area contributed by atoms with Crippen molar-refractivity contribution in [1.29, 1.82) is 0 Å². The number of esters is 1. The number of ether oxygens (including phenoxy) is 1. The van der Waals surface area contributed by atoms with E-state index in [1.54, 1.807) is 18.5 Å². The van der Waals surface area contributed by atoms with Gasteiger partial charge in [0.2, 0.25) is 0 Å². The third-order valence-corrected chi connectivity index (χ3v) is 4.42. The van der Waals surface area contributed by atoms with Crippen LogP contribution in [0.1, 0.15) is 47.1 Å². The second-order valence-corrected chi connectivity index (χ2v) is 6.48. The Hall–Kier alpha value is -2.34. The number of amides is 1. The zero-order chi connectivity index (χ0) is 19.1. The minimum absolute atomic E-state index is 0.295. The molecule has 140 valence electrons. The number of aryl methyl sites for hydroxylation is 1. The number of hydrogen-bond donors (Lipinski definition) is 1. The van der Waals surface area contributed by atoms with Gasteiger partial charge in [-0.05, 0) is 31.9 Å². The smallest absolute Gasteiger partial charge is 0.342 e. The Morgan fingerprint density at radius 3 is 2.69 bits per heavy atom. The van der Waals surface area contributed by atoms with Crippen LogP contribution in [0.5, 0.6) is 0 Å². The van der Waals surface area contributed by atoms with Crippen molar-refractivity contribution in [3.05, 3.63) is 51.8 Å². The molecule has 1 amide bonds. The molecular weight excluding hydrogens is 354 g/mol. The van der Waals surface area contributed by atoms with Crippen LogP contribution in [0.25, 0.3) is 0 Å². The largest absolute Gasteiger partial charge is 0.452 e. The summed E-state index contributed by atoms with van der Waals surface area (Å²) in [6.07, 6.45) is 1.88. The van der Waals surface area contributed by atoms with Crippen LogP contribution in [-0.2, 0) is 16.1 Å². The highest BCUT2D eigenvalue weighted by Gasteiger charge is 2.21. The van der Waals surface area contributed by atoms with Crippen molar-refractivity contribution < 1.29 is 14.3 Å². The summed E-state index contributed by atoms with van der Waals surface area (Å²) in [5.74, 6) is -0.846. The van der Waals surface area contributed by atoms with Gasteiger partial charge in [0.25, 0.3) is 5.91 Å². The molecule has 0 radical (unpaired) electrons. The molecule has 0 spiro atoms. The van der Waals surface area contributed by atoms with Gasteiger partial charge >= 0.3 is 5.97 Å².